The van der Waals surface area contributed by atoms with Gasteiger partial charge in [0.25, 0.3) is 5.69 Å². The Morgan fingerprint density at radius 1 is 1.29 bits per heavy atom. The third-order valence-electron chi connectivity index (χ3n) is 2.78. The van der Waals surface area contributed by atoms with Gasteiger partial charge in [0.05, 0.1) is 4.92 Å². The van der Waals surface area contributed by atoms with Gasteiger partial charge in [-0.05, 0) is 37.8 Å². The van der Waals surface area contributed by atoms with Crippen LogP contribution in [0.25, 0.3) is 0 Å². The molecule has 0 unspecified atom stereocenters. The Hall–Kier alpha value is -1.58. The van der Waals surface area contributed by atoms with Gasteiger partial charge in [-0.1, -0.05) is 13.8 Å². The lowest BCUT2D eigenvalue weighted by Crippen LogP contribution is -2.06. The zero-order valence-electron chi connectivity index (χ0n) is 10.9. The molecule has 0 aromatic heterocycles. The van der Waals surface area contributed by atoms with Crippen molar-refractivity contribution >= 4 is 11.4 Å². The van der Waals surface area contributed by atoms with Crippen LogP contribution in [0, 0.1) is 29.9 Å². The number of rotatable bonds is 5. The third kappa shape index (κ3) is 3.73. The second-order valence-corrected chi connectivity index (χ2v) is 4.82. The van der Waals surface area contributed by atoms with Crippen molar-refractivity contribution < 1.29 is 4.92 Å². The molecule has 1 aromatic rings. The van der Waals surface area contributed by atoms with E-state index in [1.807, 2.05) is 13.0 Å². The summed E-state index contributed by atoms with van der Waals surface area (Å²) in [5.41, 5.74) is 2.81. The van der Waals surface area contributed by atoms with E-state index in [9.17, 15) is 10.1 Å². The fourth-order valence-electron chi connectivity index (χ4n) is 1.68. The number of aryl methyl sites for hydroxylation is 2. The molecule has 0 atom stereocenters. The molecule has 94 valence electrons. The number of anilines is 1. The summed E-state index contributed by atoms with van der Waals surface area (Å²) in [6.45, 7) is 8.91. The Morgan fingerprint density at radius 3 is 2.47 bits per heavy atom. The van der Waals surface area contributed by atoms with E-state index in [2.05, 4.69) is 19.2 Å². The van der Waals surface area contributed by atoms with Gasteiger partial charge in [0.15, 0.2) is 0 Å². The third-order valence-corrected chi connectivity index (χ3v) is 2.78. The molecule has 0 aliphatic rings. The fourth-order valence-corrected chi connectivity index (χ4v) is 1.68. The van der Waals surface area contributed by atoms with Crippen LogP contribution in [0.1, 0.15) is 31.4 Å². The molecule has 17 heavy (non-hydrogen) atoms. The van der Waals surface area contributed by atoms with Crippen LogP contribution in [0.2, 0.25) is 0 Å². The minimum atomic E-state index is -0.333. The number of nitro groups is 1. The topological polar surface area (TPSA) is 55.2 Å². The molecule has 4 heteroatoms. The number of benzene rings is 1. The Morgan fingerprint density at radius 2 is 1.94 bits per heavy atom. The van der Waals surface area contributed by atoms with Crippen molar-refractivity contribution in [2.24, 2.45) is 5.92 Å². The summed E-state index contributed by atoms with van der Waals surface area (Å²) in [5.74, 6) is 0.655. The largest absolute Gasteiger partial charge is 0.385 e. The van der Waals surface area contributed by atoms with Crippen LogP contribution < -0.4 is 5.32 Å². The summed E-state index contributed by atoms with van der Waals surface area (Å²) in [4.78, 5) is 10.4. The maximum Gasteiger partial charge on any atom is 0.272 e. The second-order valence-electron chi connectivity index (χ2n) is 4.82. The highest BCUT2D eigenvalue weighted by Gasteiger charge is 2.12. The summed E-state index contributed by atoms with van der Waals surface area (Å²) in [5, 5.41) is 14.1. The highest BCUT2D eigenvalue weighted by Crippen LogP contribution is 2.25. The maximum absolute atomic E-state index is 10.8. The maximum atomic E-state index is 10.8. The molecule has 0 heterocycles. The van der Waals surface area contributed by atoms with Crippen LogP contribution in [-0.4, -0.2) is 11.5 Å². The molecule has 0 saturated heterocycles. The molecule has 0 amide bonds. The summed E-state index contributed by atoms with van der Waals surface area (Å²) in [7, 11) is 0. The molecule has 1 aromatic carbocycles. The quantitative estimate of drug-likeness (QED) is 0.627. The Labute approximate surface area is 102 Å². The van der Waals surface area contributed by atoms with Crippen molar-refractivity contribution in [2.45, 2.75) is 34.1 Å². The smallest absolute Gasteiger partial charge is 0.272 e. The van der Waals surface area contributed by atoms with Gasteiger partial charge in [-0.15, -0.1) is 0 Å². The predicted molar refractivity (Wildman–Crippen MR) is 70.5 cm³/mol. The van der Waals surface area contributed by atoms with Crippen molar-refractivity contribution in [3.8, 4) is 0 Å². The zero-order chi connectivity index (χ0) is 13.0. The SMILES string of the molecule is Cc1cc([N+](=O)[O-])c(C)cc1NCCC(C)C. The van der Waals surface area contributed by atoms with Gasteiger partial charge < -0.3 is 5.32 Å². The van der Waals surface area contributed by atoms with Crippen molar-refractivity contribution in [1.29, 1.82) is 0 Å². The molecule has 0 fully saturated rings. The van der Waals surface area contributed by atoms with Crippen LogP contribution in [0.3, 0.4) is 0 Å². The minimum Gasteiger partial charge on any atom is -0.385 e. The van der Waals surface area contributed by atoms with Gasteiger partial charge in [-0.2, -0.15) is 0 Å². The van der Waals surface area contributed by atoms with Crippen LogP contribution in [0.5, 0.6) is 0 Å². The predicted octanol–water partition coefficient (Wildman–Crippen LogP) is 3.67. The number of nitro benzene ring substituents is 1. The lowest BCUT2D eigenvalue weighted by molar-refractivity contribution is -0.385. The molecule has 0 aliphatic heterocycles. The first-order chi connectivity index (χ1) is 7.91. The lowest BCUT2D eigenvalue weighted by atomic mass is 10.1. The molecule has 4 nitrogen and oxygen atoms in total. The van der Waals surface area contributed by atoms with Crippen molar-refractivity contribution in [2.75, 3.05) is 11.9 Å². The first-order valence-electron chi connectivity index (χ1n) is 5.91. The van der Waals surface area contributed by atoms with Crippen molar-refractivity contribution in [1.82, 2.24) is 0 Å². The Kier molecular flexibility index (Phi) is 4.49. The zero-order valence-corrected chi connectivity index (χ0v) is 10.9. The summed E-state index contributed by atoms with van der Waals surface area (Å²) >= 11 is 0. The normalized spacial score (nSPS) is 10.6. The van der Waals surface area contributed by atoms with Crippen molar-refractivity contribution in [3.05, 3.63) is 33.4 Å². The molecular formula is C13H20N2O2. The number of nitrogens with one attached hydrogen (secondary N) is 1. The van der Waals surface area contributed by atoms with E-state index in [4.69, 9.17) is 0 Å². The summed E-state index contributed by atoms with van der Waals surface area (Å²) in [6.07, 6.45) is 1.09. The van der Waals surface area contributed by atoms with E-state index >= 15 is 0 Å². The van der Waals surface area contributed by atoms with Gasteiger partial charge in [0.2, 0.25) is 0 Å². The van der Waals surface area contributed by atoms with E-state index in [0.717, 1.165) is 24.2 Å². The monoisotopic (exact) mass is 236 g/mol. The summed E-state index contributed by atoms with van der Waals surface area (Å²) in [6, 6.07) is 3.49. The molecule has 0 spiro atoms. The number of hydrogen-bond donors (Lipinski definition) is 1. The van der Waals surface area contributed by atoms with Gasteiger partial charge in [0, 0.05) is 23.9 Å². The molecule has 1 rings (SSSR count). The van der Waals surface area contributed by atoms with E-state index in [-0.39, 0.29) is 10.6 Å². The fraction of sp³-hybridized carbons (Fsp3) is 0.538. The number of nitrogens with zero attached hydrogens (tertiary/aromatic N) is 1. The first kappa shape index (κ1) is 13.5. The van der Waals surface area contributed by atoms with E-state index in [1.165, 1.54) is 0 Å². The molecule has 0 bridgehead atoms. The Bertz CT molecular complexity index is 414. The van der Waals surface area contributed by atoms with Gasteiger partial charge in [0.1, 0.15) is 0 Å². The van der Waals surface area contributed by atoms with Gasteiger partial charge >= 0.3 is 0 Å². The molecule has 0 aliphatic carbocycles. The van der Waals surface area contributed by atoms with E-state index in [0.29, 0.717) is 11.5 Å². The van der Waals surface area contributed by atoms with E-state index < -0.39 is 0 Å². The standard InChI is InChI=1S/C13H20N2O2/c1-9(2)5-6-14-12-7-11(4)13(15(16)17)8-10(12)3/h7-9,14H,5-6H2,1-4H3. The van der Waals surface area contributed by atoms with Crippen LogP contribution in [0.4, 0.5) is 11.4 Å². The van der Waals surface area contributed by atoms with Crippen LogP contribution in [0.15, 0.2) is 12.1 Å². The average Bonchev–Trinajstić information content (AvgIpc) is 2.21. The average molecular weight is 236 g/mol. The second kappa shape index (κ2) is 5.66. The lowest BCUT2D eigenvalue weighted by Gasteiger charge is -2.12. The minimum absolute atomic E-state index is 0.192. The van der Waals surface area contributed by atoms with E-state index in [1.54, 1.807) is 13.0 Å². The van der Waals surface area contributed by atoms with Gasteiger partial charge in [-0.25, -0.2) is 0 Å². The van der Waals surface area contributed by atoms with Crippen LogP contribution in [-0.2, 0) is 0 Å². The Balaban J connectivity index is 2.81. The van der Waals surface area contributed by atoms with Crippen LogP contribution >= 0.6 is 0 Å². The molecule has 0 saturated carbocycles. The highest BCUT2D eigenvalue weighted by molar-refractivity contribution is 5.59. The first-order valence-corrected chi connectivity index (χ1v) is 5.91. The molecular weight excluding hydrogens is 216 g/mol. The molecule has 1 N–H and O–H groups in total. The van der Waals surface area contributed by atoms with Gasteiger partial charge in [-0.3, -0.25) is 10.1 Å². The van der Waals surface area contributed by atoms with Crippen molar-refractivity contribution in [3.63, 3.8) is 0 Å². The molecule has 0 radical (unpaired) electrons. The summed E-state index contributed by atoms with van der Waals surface area (Å²) < 4.78 is 0. The number of hydrogen-bond acceptors (Lipinski definition) is 3. The highest BCUT2D eigenvalue weighted by atomic mass is 16.6.